The van der Waals surface area contributed by atoms with Crippen LogP contribution in [0.3, 0.4) is 0 Å². The van der Waals surface area contributed by atoms with Crippen LogP contribution in [-0.2, 0) is 6.54 Å². The number of nitrogens with zero attached hydrogens (tertiary/aromatic N) is 1. The van der Waals surface area contributed by atoms with Gasteiger partial charge in [-0.25, -0.2) is 4.98 Å². The Morgan fingerprint density at radius 1 is 1.28 bits per heavy atom. The Bertz CT molecular complexity index is 512. The van der Waals surface area contributed by atoms with Crippen LogP contribution in [0.1, 0.15) is 23.4 Å². The summed E-state index contributed by atoms with van der Waals surface area (Å²) in [6.07, 6.45) is 2.80. The van der Waals surface area contributed by atoms with Gasteiger partial charge in [0.2, 0.25) is 0 Å². The fourth-order valence-corrected chi connectivity index (χ4v) is 2.73. The van der Waals surface area contributed by atoms with Crippen molar-refractivity contribution in [2.24, 2.45) is 5.92 Å². The monoisotopic (exact) mass is 258 g/mol. The predicted octanol–water partition coefficient (Wildman–Crippen LogP) is 3.62. The van der Waals surface area contributed by atoms with E-state index in [9.17, 15) is 0 Å². The second-order valence-corrected chi connectivity index (χ2v) is 6.01. The maximum absolute atomic E-state index is 4.68. The van der Waals surface area contributed by atoms with E-state index in [0.29, 0.717) is 0 Å². The lowest BCUT2D eigenvalue weighted by atomic mass is 10.1. The maximum atomic E-state index is 4.68. The third-order valence-corrected chi connectivity index (χ3v) is 4.15. The van der Waals surface area contributed by atoms with Gasteiger partial charge in [-0.3, -0.25) is 0 Å². The van der Waals surface area contributed by atoms with E-state index in [1.54, 1.807) is 11.3 Å². The molecule has 1 fully saturated rings. The number of nitrogens with one attached hydrogen (secondary N) is 1. The quantitative estimate of drug-likeness (QED) is 0.886. The Hall–Kier alpha value is -1.19. The highest BCUT2D eigenvalue weighted by atomic mass is 32.1. The van der Waals surface area contributed by atoms with E-state index in [-0.39, 0.29) is 0 Å². The van der Waals surface area contributed by atoms with Crippen LogP contribution in [0.5, 0.6) is 0 Å². The molecular weight excluding hydrogens is 240 g/mol. The first-order valence-corrected chi connectivity index (χ1v) is 7.41. The van der Waals surface area contributed by atoms with E-state index in [2.05, 4.69) is 46.9 Å². The first kappa shape index (κ1) is 11.9. The van der Waals surface area contributed by atoms with Crippen LogP contribution < -0.4 is 5.32 Å². The largest absolute Gasteiger partial charge is 0.310 e. The van der Waals surface area contributed by atoms with Gasteiger partial charge in [0.1, 0.15) is 5.01 Å². The van der Waals surface area contributed by atoms with Gasteiger partial charge in [0.25, 0.3) is 0 Å². The summed E-state index contributed by atoms with van der Waals surface area (Å²) in [5.41, 5.74) is 3.61. The summed E-state index contributed by atoms with van der Waals surface area (Å²) >= 11 is 1.75. The lowest BCUT2D eigenvalue weighted by Gasteiger charge is -2.00. The highest BCUT2D eigenvalue weighted by Crippen LogP contribution is 2.28. The molecule has 0 saturated heterocycles. The molecule has 0 amide bonds. The maximum Gasteiger partial charge on any atom is 0.107 e. The lowest BCUT2D eigenvalue weighted by Crippen LogP contribution is -2.15. The summed E-state index contributed by atoms with van der Waals surface area (Å²) in [4.78, 5) is 4.68. The third-order valence-electron chi connectivity index (χ3n) is 3.31. The van der Waals surface area contributed by atoms with Gasteiger partial charge in [0.05, 0.1) is 5.69 Å². The Kier molecular flexibility index (Phi) is 3.43. The summed E-state index contributed by atoms with van der Waals surface area (Å²) in [5.74, 6) is 0.932. The van der Waals surface area contributed by atoms with Crippen molar-refractivity contribution in [2.45, 2.75) is 26.3 Å². The van der Waals surface area contributed by atoms with Gasteiger partial charge in [-0.2, -0.15) is 0 Å². The number of hydrogen-bond acceptors (Lipinski definition) is 3. The van der Waals surface area contributed by atoms with Gasteiger partial charge >= 0.3 is 0 Å². The highest BCUT2D eigenvalue weighted by Gasteiger charge is 2.20. The van der Waals surface area contributed by atoms with Gasteiger partial charge in [-0.1, -0.05) is 29.8 Å². The van der Waals surface area contributed by atoms with Gasteiger partial charge in [0.15, 0.2) is 0 Å². The molecule has 94 valence electrons. The topological polar surface area (TPSA) is 24.9 Å². The average Bonchev–Trinajstić information content (AvgIpc) is 3.08. The molecule has 0 radical (unpaired) electrons. The van der Waals surface area contributed by atoms with Crippen LogP contribution in [-0.4, -0.2) is 11.5 Å². The van der Waals surface area contributed by atoms with Crippen LogP contribution in [0.2, 0.25) is 0 Å². The van der Waals surface area contributed by atoms with Crippen LogP contribution in [0.15, 0.2) is 29.6 Å². The fourth-order valence-electron chi connectivity index (χ4n) is 1.95. The van der Waals surface area contributed by atoms with Crippen LogP contribution in [0.25, 0.3) is 11.3 Å². The molecule has 0 bridgehead atoms. The van der Waals surface area contributed by atoms with Crippen molar-refractivity contribution >= 4 is 11.3 Å². The second kappa shape index (κ2) is 5.21. The van der Waals surface area contributed by atoms with Crippen LogP contribution in [0.4, 0.5) is 0 Å². The second-order valence-electron chi connectivity index (χ2n) is 5.07. The molecule has 2 aromatic rings. The molecule has 2 nitrogen and oxygen atoms in total. The molecular formula is C15H18N2S. The van der Waals surface area contributed by atoms with Crippen molar-refractivity contribution in [1.29, 1.82) is 0 Å². The summed E-state index contributed by atoms with van der Waals surface area (Å²) in [6, 6.07) is 8.57. The van der Waals surface area contributed by atoms with Gasteiger partial charge < -0.3 is 5.32 Å². The molecule has 0 spiro atoms. The summed E-state index contributed by atoms with van der Waals surface area (Å²) in [7, 11) is 0. The van der Waals surface area contributed by atoms with Crippen LogP contribution in [0, 0.1) is 12.8 Å². The lowest BCUT2D eigenvalue weighted by molar-refractivity contribution is 0.637. The molecule has 1 saturated carbocycles. The van der Waals surface area contributed by atoms with E-state index in [1.807, 2.05) is 0 Å². The molecule has 1 N–H and O–H groups in total. The first-order chi connectivity index (χ1) is 8.81. The molecule has 0 atom stereocenters. The van der Waals surface area contributed by atoms with E-state index < -0.39 is 0 Å². The van der Waals surface area contributed by atoms with Gasteiger partial charge in [-0.15, -0.1) is 11.3 Å². The molecule has 1 aliphatic carbocycles. The Morgan fingerprint density at radius 2 is 2.06 bits per heavy atom. The number of rotatable bonds is 5. The van der Waals surface area contributed by atoms with Crippen molar-refractivity contribution in [3.05, 3.63) is 40.2 Å². The minimum atomic E-state index is 0.910. The van der Waals surface area contributed by atoms with Crippen molar-refractivity contribution in [1.82, 2.24) is 10.3 Å². The van der Waals surface area contributed by atoms with Crippen molar-refractivity contribution in [2.75, 3.05) is 6.54 Å². The molecule has 3 heteroatoms. The van der Waals surface area contributed by atoms with Crippen LogP contribution >= 0.6 is 11.3 Å². The van der Waals surface area contributed by atoms with E-state index in [1.165, 1.54) is 29.0 Å². The fraction of sp³-hybridized carbons (Fsp3) is 0.400. The molecule has 0 aliphatic heterocycles. The SMILES string of the molecule is Cc1ccc(-c2csc(CNCC3CC3)n2)cc1. The van der Waals surface area contributed by atoms with E-state index in [0.717, 1.165) is 24.7 Å². The highest BCUT2D eigenvalue weighted by molar-refractivity contribution is 7.09. The third kappa shape index (κ3) is 2.98. The normalized spacial score (nSPS) is 14.9. The van der Waals surface area contributed by atoms with Gasteiger partial charge in [0, 0.05) is 17.5 Å². The van der Waals surface area contributed by atoms with E-state index >= 15 is 0 Å². The average molecular weight is 258 g/mol. The Morgan fingerprint density at radius 3 is 2.78 bits per heavy atom. The molecule has 3 rings (SSSR count). The van der Waals surface area contributed by atoms with Gasteiger partial charge in [-0.05, 0) is 32.2 Å². The molecule has 1 aromatic carbocycles. The Labute approximate surface area is 112 Å². The standard InChI is InChI=1S/C15H18N2S/c1-11-2-6-13(7-3-11)14-10-18-15(17-14)9-16-8-12-4-5-12/h2-3,6-7,10,12,16H,4-5,8-9H2,1H3. The number of thiazole rings is 1. The van der Waals surface area contributed by atoms with Crippen molar-refractivity contribution in [3.8, 4) is 11.3 Å². The zero-order chi connectivity index (χ0) is 12.4. The smallest absolute Gasteiger partial charge is 0.107 e. The minimum absolute atomic E-state index is 0.910. The number of aromatic nitrogens is 1. The summed E-state index contributed by atoms with van der Waals surface area (Å²) in [6.45, 7) is 4.17. The van der Waals surface area contributed by atoms with Crippen molar-refractivity contribution < 1.29 is 0 Å². The summed E-state index contributed by atoms with van der Waals surface area (Å²) in [5, 5.41) is 6.82. The van der Waals surface area contributed by atoms with Crippen molar-refractivity contribution in [3.63, 3.8) is 0 Å². The summed E-state index contributed by atoms with van der Waals surface area (Å²) < 4.78 is 0. The Balaban J connectivity index is 1.62. The van der Waals surface area contributed by atoms with E-state index in [4.69, 9.17) is 0 Å². The number of hydrogen-bond donors (Lipinski definition) is 1. The zero-order valence-corrected chi connectivity index (χ0v) is 11.5. The minimum Gasteiger partial charge on any atom is -0.310 e. The zero-order valence-electron chi connectivity index (χ0n) is 10.6. The number of benzene rings is 1. The molecule has 1 aromatic heterocycles. The molecule has 1 heterocycles. The number of aryl methyl sites for hydroxylation is 1. The first-order valence-electron chi connectivity index (χ1n) is 6.53. The molecule has 1 aliphatic rings. The molecule has 18 heavy (non-hydrogen) atoms. The molecule has 0 unspecified atom stereocenters. The predicted molar refractivity (Wildman–Crippen MR) is 76.7 cm³/mol.